The number of nitrogens with zero attached hydrogens (tertiary/aromatic N) is 1. The van der Waals surface area contributed by atoms with E-state index in [1.165, 1.54) is 7.11 Å². The first kappa shape index (κ1) is 13.8. The molecule has 0 aliphatic carbocycles. The molecule has 0 aromatic heterocycles. The average Bonchev–Trinajstić information content (AvgIpc) is 2.40. The summed E-state index contributed by atoms with van der Waals surface area (Å²) in [5, 5.41) is 3.31. The second kappa shape index (κ2) is 6.50. The topological polar surface area (TPSA) is 24.5 Å². The molecule has 5 heteroatoms. The molecular formula is C13H18BrFN2O. The molecule has 100 valence electrons. The number of hydrogen-bond donors (Lipinski definition) is 1. The van der Waals surface area contributed by atoms with Gasteiger partial charge in [0.2, 0.25) is 0 Å². The van der Waals surface area contributed by atoms with E-state index < -0.39 is 0 Å². The summed E-state index contributed by atoms with van der Waals surface area (Å²) < 4.78 is 19.9. The van der Waals surface area contributed by atoms with Crippen LogP contribution in [0.25, 0.3) is 0 Å². The summed E-state index contributed by atoms with van der Waals surface area (Å²) in [4.78, 5) is 2.35. The Morgan fingerprint density at radius 1 is 1.39 bits per heavy atom. The van der Waals surface area contributed by atoms with E-state index in [2.05, 4.69) is 26.1 Å². The largest absolute Gasteiger partial charge is 0.494 e. The Bertz CT molecular complexity index is 408. The van der Waals surface area contributed by atoms with Gasteiger partial charge in [-0.25, -0.2) is 4.39 Å². The Kier molecular flexibility index (Phi) is 4.97. The molecule has 0 unspecified atom stereocenters. The van der Waals surface area contributed by atoms with E-state index in [4.69, 9.17) is 4.74 Å². The number of piperazine rings is 1. The first-order valence-corrected chi connectivity index (χ1v) is 6.95. The third kappa shape index (κ3) is 3.22. The van der Waals surface area contributed by atoms with Crippen LogP contribution in [0, 0.1) is 5.82 Å². The fraction of sp³-hybridized carbons (Fsp3) is 0.538. The average molecular weight is 317 g/mol. The normalized spacial score (nSPS) is 16.8. The summed E-state index contributed by atoms with van der Waals surface area (Å²) >= 11 is 3.41. The van der Waals surface area contributed by atoms with E-state index in [0.29, 0.717) is 17.7 Å². The van der Waals surface area contributed by atoms with Crippen LogP contribution in [0.1, 0.15) is 5.56 Å². The van der Waals surface area contributed by atoms with Crippen LogP contribution in [-0.2, 0) is 6.42 Å². The van der Waals surface area contributed by atoms with Crippen LogP contribution in [0.15, 0.2) is 16.6 Å². The van der Waals surface area contributed by atoms with Gasteiger partial charge in [0.05, 0.1) is 7.11 Å². The van der Waals surface area contributed by atoms with Crippen molar-refractivity contribution in [2.24, 2.45) is 0 Å². The summed E-state index contributed by atoms with van der Waals surface area (Å²) in [5.41, 5.74) is 0.702. The van der Waals surface area contributed by atoms with Gasteiger partial charge in [-0.05, 0) is 18.6 Å². The molecule has 0 radical (unpaired) electrons. The lowest BCUT2D eigenvalue weighted by Crippen LogP contribution is -2.44. The SMILES string of the molecule is COc1ccc(Br)c(CCN2CCNCC2)c1F. The van der Waals surface area contributed by atoms with Crippen LogP contribution in [-0.4, -0.2) is 44.7 Å². The summed E-state index contributed by atoms with van der Waals surface area (Å²) in [7, 11) is 1.49. The van der Waals surface area contributed by atoms with E-state index in [9.17, 15) is 4.39 Å². The molecule has 1 aromatic rings. The van der Waals surface area contributed by atoms with Gasteiger partial charge in [-0.1, -0.05) is 15.9 Å². The first-order chi connectivity index (χ1) is 8.72. The van der Waals surface area contributed by atoms with Gasteiger partial charge in [0.15, 0.2) is 11.6 Å². The summed E-state index contributed by atoms with van der Waals surface area (Å²) in [5.74, 6) is 0.0653. The van der Waals surface area contributed by atoms with Crippen LogP contribution in [0.4, 0.5) is 4.39 Å². The Morgan fingerprint density at radius 2 is 2.11 bits per heavy atom. The quantitative estimate of drug-likeness (QED) is 0.920. The maximum atomic E-state index is 14.1. The van der Waals surface area contributed by atoms with Gasteiger partial charge in [0, 0.05) is 42.8 Å². The number of halogens is 2. The number of benzene rings is 1. The van der Waals surface area contributed by atoms with Gasteiger partial charge in [-0.2, -0.15) is 0 Å². The predicted octanol–water partition coefficient (Wildman–Crippen LogP) is 2.04. The molecule has 0 amide bonds. The number of nitrogens with one attached hydrogen (secondary N) is 1. The van der Waals surface area contributed by atoms with Gasteiger partial charge >= 0.3 is 0 Å². The first-order valence-electron chi connectivity index (χ1n) is 6.16. The van der Waals surface area contributed by atoms with E-state index in [-0.39, 0.29) is 5.82 Å². The standard InChI is InChI=1S/C13H18BrFN2O/c1-18-12-3-2-11(14)10(13(12)15)4-7-17-8-5-16-6-9-17/h2-3,16H,4-9H2,1H3. The third-order valence-corrected chi connectivity index (χ3v) is 4.00. The zero-order chi connectivity index (χ0) is 13.0. The van der Waals surface area contributed by atoms with Crippen molar-refractivity contribution in [2.45, 2.75) is 6.42 Å². The Morgan fingerprint density at radius 3 is 2.78 bits per heavy atom. The predicted molar refractivity (Wildman–Crippen MR) is 73.7 cm³/mol. The summed E-state index contributed by atoms with van der Waals surface area (Å²) in [6.45, 7) is 4.97. The van der Waals surface area contributed by atoms with Crippen molar-refractivity contribution in [1.82, 2.24) is 10.2 Å². The van der Waals surface area contributed by atoms with Crippen molar-refractivity contribution in [3.05, 3.63) is 28.0 Å². The summed E-state index contributed by atoms with van der Waals surface area (Å²) in [6, 6.07) is 3.49. The highest BCUT2D eigenvalue weighted by molar-refractivity contribution is 9.10. The Hall–Kier alpha value is -0.650. The maximum absolute atomic E-state index is 14.1. The van der Waals surface area contributed by atoms with E-state index in [1.807, 2.05) is 6.07 Å². The van der Waals surface area contributed by atoms with Crippen molar-refractivity contribution in [2.75, 3.05) is 39.8 Å². The molecule has 2 rings (SSSR count). The molecule has 1 heterocycles. The van der Waals surface area contributed by atoms with Crippen molar-refractivity contribution in [3.63, 3.8) is 0 Å². The lowest BCUT2D eigenvalue weighted by atomic mass is 10.1. The lowest BCUT2D eigenvalue weighted by Gasteiger charge is -2.27. The Labute approximate surface area is 115 Å². The molecule has 1 aliphatic heterocycles. The number of hydrogen-bond acceptors (Lipinski definition) is 3. The van der Waals surface area contributed by atoms with Gasteiger partial charge in [0.1, 0.15) is 0 Å². The lowest BCUT2D eigenvalue weighted by molar-refractivity contribution is 0.242. The van der Waals surface area contributed by atoms with Gasteiger partial charge in [-0.3, -0.25) is 0 Å². The maximum Gasteiger partial charge on any atom is 0.169 e. The number of rotatable bonds is 4. The van der Waals surface area contributed by atoms with Crippen LogP contribution in [0.3, 0.4) is 0 Å². The molecule has 0 saturated carbocycles. The minimum atomic E-state index is -0.248. The second-order valence-corrected chi connectivity index (χ2v) is 5.24. The fourth-order valence-corrected chi connectivity index (χ4v) is 2.67. The molecule has 3 nitrogen and oxygen atoms in total. The number of methoxy groups -OCH3 is 1. The molecule has 1 aliphatic rings. The van der Waals surface area contributed by atoms with Crippen molar-refractivity contribution < 1.29 is 9.13 Å². The molecule has 0 spiro atoms. The fourth-order valence-electron chi connectivity index (χ4n) is 2.17. The molecule has 1 saturated heterocycles. The third-order valence-electron chi connectivity index (χ3n) is 3.26. The monoisotopic (exact) mass is 316 g/mol. The number of ether oxygens (including phenoxy) is 1. The molecule has 0 bridgehead atoms. The van der Waals surface area contributed by atoms with E-state index >= 15 is 0 Å². The smallest absolute Gasteiger partial charge is 0.169 e. The molecule has 1 fully saturated rings. The molecule has 18 heavy (non-hydrogen) atoms. The highest BCUT2D eigenvalue weighted by atomic mass is 79.9. The highest BCUT2D eigenvalue weighted by Gasteiger charge is 2.15. The van der Waals surface area contributed by atoms with Crippen LogP contribution in [0.5, 0.6) is 5.75 Å². The van der Waals surface area contributed by atoms with Crippen LogP contribution >= 0.6 is 15.9 Å². The molecule has 1 N–H and O–H groups in total. The zero-order valence-corrected chi connectivity index (χ0v) is 12.1. The van der Waals surface area contributed by atoms with Gasteiger partial charge in [-0.15, -0.1) is 0 Å². The summed E-state index contributed by atoms with van der Waals surface area (Å²) in [6.07, 6.45) is 0.698. The van der Waals surface area contributed by atoms with E-state index in [1.54, 1.807) is 6.07 Å². The molecule has 0 atom stereocenters. The minimum Gasteiger partial charge on any atom is -0.494 e. The van der Waals surface area contributed by atoms with Crippen molar-refractivity contribution in [1.29, 1.82) is 0 Å². The van der Waals surface area contributed by atoms with E-state index in [0.717, 1.165) is 37.2 Å². The van der Waals surface area contributed by atoms with Crippen LogP contribution < -0.4 is 10.1 Å². The van der Waals surface area contributed by atoms with Gasteiger partial charge < -0.3 is 15.0 Å². The second-order valence-electron chi connectivity index (χ2n) is 4.38. The molecular weight excluding hydrogens is 299 g/mol. The highest BCUT2D eigenvalue weighted by Crippen LogP contribution is 2.27. The minimum absolute atomic E-state index is 0.248. The molecule has 1 aromatic carbocycles. The van der Waals surface area contributed by atoms with Crippen molar-refractivity contribution >= 4 is 15.9 Å². The zero-order valence-electron chi connectivity index (χ0n) is 10.5. The Balaban J connectivity index is 2.03. The van der Waals surface area contributed by atoms with Gasteiger partial charge in [0.25, 0.3) is 0 Å². The van der Waals surface area contributed by atoms with Crippen LogP contribution in [0.2, 0.25) is 0 Å². The van der Waals surface area contributed by atoms with Crippen molar-refractivity contribution in [3.8, 4) is 5.75 Å².